The molecular weight excluding hydrogens is 148 g/mol. The summed E-state index contributed by atoms with van der Waals surface area (Å²) >= 11 is 0. The smallest absolute Gasteiger partial charge is 0.155 e. The molecule has 10 heavy (non-hydrogen) atoms. The Hall–Kier alpha value is -0.0500. The molecule has 1 aliphatic rings. The van der Waals surface area contributed by atoms with Gasteiger partial charge in [0, 0.05) is 0 Å². The molecule has 0 N–H and O–H groups in total. The van der Waals surface area contributed by atoms with E-state index in [4.69, 9.17) is 0 Å². The topological polar surface area (TPSA) is 34.1 Å². The second-order valence-electron chi connectivity index (χ2n) is 3.85. The van der Waals surface area contributed by atoms with E-state index in [0.717, 1.165) is 6.42 Å². The van der Waals surface area contributed by atoms with Crippen LogP contribution in [-0.4, -0.2) is 18.9 Å². The van der Waals surface area contributed by atoms with E-state index in [1.165, 1.54) is 0 Å². The molecule has 1 unspecified atom stereocenters. The van der Waals surface area contributed by atoms with Crippen LogP contribution in [0.1, 0.15) is 27.2 Å². The highest BCUT2D eigenvalue weighted by atomic mass is 32.2. The minimum absolute atomic E-state index is 0.347. The summed E-state index contributed by atoms with van der Waals surface area (Å²) in [4.78, 5) is 0. The van der Waals surface area contributed by atoms with Crippen LogP contribution in [0.5, 0.6) is 0 Å². The first-order valence-electron chi connectivity index (χ1n) is 3.57. The molecule has 2 nitrogen and oxygen atoms in total. The SMILES string of the molecule is CC1CC(C)(C)S(=O)(=O)C1. The minimum atomic E-state index is -2.77. The number of hydrogen-bond donors (Lipinski definition) is 0. The molecule has 0 aromatic heterocycles. The third-order valence-corrected chi connectivity index (χ3v) is 5.04. The van der Waals surface area contributed by atoms with Crippen LogP contribution in [0.3, 0.4) is 0 Å². The van der Waals surface area contributed by atoms with Crippen molar-refractivity contribution in [3.63, 3.8) is 0 Å². The number of hydrogen-bond acceptors (Lipinski definition) is 2. The lowest BCUT2D eigenvalue weighted by atomic mass is 10.0. The Kier molecular flexibility index (Phi) is 1.59. The van der Waals surface area contributed by atoms with Crippen LogP contribution < -0.4 is 0 Å². The average Bonchev–Trinajstić information content (AvgIpc) is 1.73. The molecular formula is C7H14O2S. The Labute approximate surface area is 62.5 Å². The van der Waals surface area contributed by atoms with Crippen molar-refractivity contribution in [3.05, 3.63) is 0 Å². The minimum Gasteiger partial charge on any atom is -0.228 e. The Morgan fingerprint density at radius 2 is 1.90 bits per heavy atom. The molecule has 0 spiro atoms. The molecule has 1 rings (SSSR count). The molecule has 0 saturated carbocycles. The first kappa shape index (κ1) is 8.05. The third-order valence-electron chi connectivity index (χ3n) is 2.19. The van der Waals surface area contributed by atoms with E-state index in [9.17, 15) is 8.42 Å². The van der Waals surface area contributed by atoms with Gasteiger partial charge < -0.3 is 0 Å². The maximum absolute atomic E-state index is 11.3. The van der Waals surface area contributed by atoms with Crippen LogP contribution in [0.25, 0.3) is 0 Å². The van der Waals surface area contributed by atoms with Gasteiger partial charge in [-0.1, -0.05) is 6.92 Å². The van der Waals surface area contributed by atoms with E-state index >= 15 is 0 Å². The summed E-state index contributed by atoms with van der Waals surface area (Å²) in [6.07, 6.45) is 0.815. The van der Waals surface area contributed by atoms with Crippen LogP contribution in [0.2, 0.25) is 0 Å². The standard InChI is InChI=1S/C7H14O2S/c1-6-4-7(2,3)10(8,9)5-6/h6H,4-5H2,1-3H3. The van der Waals surface area contributed by atoms with Gasteiger partial charge in [-0.3, -0.25) is 0 Å². The van der Waals surface area contributed by atoms with Crippen molar-refractivity contribution in [1.82, 2.24) is 0 Å². The molecule has 60 valence electrons. The highest BCUT2D eigenvalue weighted by Crippen LogP contribution is 2.34. The van der Waals surface area contributed by atoms with E-state index in [-0.39, 0.29) is 0 Å². The molecule has 0 aromatic rings. The molecule has 0 amide bonds. The molecule has 1 aliphatic heterocycles. The summed E-state index contributed by atoms with van der Waals surface area (Å²) in [5.74, 6) is 0.722. The average molecular weight is 162 g/mol. The zero-order chi connectivity index (χ0) is 7.99. The van der Waals surface area contributed by atoms with E-state index in [0.29, 0.717) is 11.7 Å². The van der Waals surface area contributed by atoms with Crippen LogP contribution in [0, 0.1) is 5.92 Å². The predicted octanol–water partition coefficient (Wildman–Crippen LogP) is 1.22. The number of rotatable bonds is 0. The van der Waals surface area contributed by atoms with Gasteiger partial charge in [0.2, 0.25) is 0 Å². The van der Waals surface area contributed by atoms with E-state index < -0.39 is 14.6 Å². The first-order chi connectivity index (χ1) is 4.35. The van der Waals surface area contributed by atoms with Gasteiger partial charge in [-0.05, 0) is 26.2 Å². The lowest BCUT2D eigenvalue weighted by Gasteiger charge is -2.14. The fraction of sp³-hybridized carbons (Fsp3) is 1.00. The highest BCUT2D eigenvalue weighted by Gasteiger charge is 2.42. The van der Waals surface area contributed by atoms with Gasteiger partial charge in [0.05, 0.1) is 10.5 Å². The van der Waals surface area contributed by atoms with Gasteiger partial charge in [0.15, 0.2) is 9.84 Å². The second-order valence-corrected chi connectivity index (χ2v) is 6.52. The van der Waals surface area contributed by atoms with Gasteiger partial charge in [-0.25, -0.2) is 8.42 Å². The normalized spacial score (nSPS) is 36.1. The summed E-state index contributed by atoms with van der Waals surface area (Å²) in [7, 11) is -2.77. The third kappa shape index (κ3) is 1.07. The van der Waals surface area contributed by atoms with Crippen LogP contribution >= 0.6 is 0 Å². The molecule has 1 saturated heterocycles. The molecule has 0 aliphatic carbocycles. The molecule has 3 heteroatoms. The van der Waals surface area contributed by atoms with Gasteiger partial charge in [0.25, 0.3) is 0 Å². The van der Waals surface area contributed by atoms with Crippen molar-refractivity contribution in [2.45, 2.75) is 31.9 Å². The van der Waals surface area contributed by atoms with Gasteiger partial charge in [-0.15, -0.1) is 0 Å². The summed E-state index contributed by atoms with van der Waals surface area (Å²) in [6.45, 7) is 5.62. The van der Waals surface area contributed by atoms with Crippen LogP contribution in [0.4, 0.5) is 0 Å². The second kappa shape index (κ2) is 1.97. The van der Waals surface area contributed by atoms with Crippen molar-refractivity contribution in [2.75, 3.05) is 5.75 Å². The Morgan fingerprint density at radius 1 is 1.40 bits per heavy atom. The zero-order valence-corrected chi connectivity index (χ0v) is 7.53. The van der Waals surface area contributed by atoms with E-state index in [1.54, 1.807) is 0 Å². The van der Waals surface area contributed by atoms with Crippen molar-refractivity contribution in [2.24, 2.45) is 5.92 Å². The lowest BCUT2D eigenvalue weighted by molar-refractivity contribution is 0.525. The quantitative estimate of drug-likeness (QED) is 0.536. The maximum Gasteiger partial charge on any atom is 0.155 e. The summed E-state index contributed by atoms with van der Waals surface area (Å²) < 4.78 is 22.1. The number of sulfone groups is 1. The fourth-order valence-electron chi connectivity index (χ4n) is 1.63. The Balaban J connectivity index is 3.01. The molecule has 0 bridgehead atoms. The molecule has 0 aromatic carbocycles. The summed E-state index contributed by atoms with van der Waals surface area (Å²) in [5, 5.41) is 0. The fourth-order valence-corrected chi connectivity index (χ4v) is 3.48. The zero-order valence-electron chi connectivity index (χ0n) is 6.72. The van der Waals surface area contributed by atoms with Crippen molar-refractivity contribution in [3.8, 4) is 0 Å². The molecule has 0 radical (unpaired) electrons. The van der Waals surface area contributed by atoms with Gasteiger partial charge in [0.1, 0.15) is 0 Å². The van der Waals surface area contributed by atoms with Crippen LogP contribution in [-0.2, 0) is 9.84 Å². The molecule has 1 heterocycles. The lowest BCUT2D eigenvalue weighted by Crippen LogP contribution is -2.26. The first-order valence-corrected chi connectivity index (χ1v) is 5.23. The molecule has 1 fully saturated rings. The summed E-state index contributed by atoms with van der Waals surface area (Å²) in [5.41, 5.74) is 0. The highest BCUT2D eigenvalue weighted by molar-refractivity contribution is 7.93. The molecule has 1 atom stereocenters. The summed E-state index contributed by atoms with van der Waals surface area (Å²) in [6, 6.07) is 0. The van der Waals surface area contributed by atoms with Gasteiger partial charge in [-0.2, -0.15) is 0 Å². The Bertz CT molecular complexity index is 226. The monoisotopic (exact) mass is 162 g/mol. The van der Waals surface area contributed by atoms with E-state index in [1.807, 2.05) is 20.8 Å². The van der Waals surface area contributed by atoms with Crippen molar-refractivity contribution >= 4 is 9.84 Å². The van der Waals surface area contributed by atoms with Crippen LogP contribution in [0.15, 0.2) is 0 Å². The van der Waals surface area contributed by atoms with Crippen molar-refractivity contribution in [1.29, 1.82) is 0 Å². The Morgan fingerprint density at radius 3 is 2.00 bits per heavy atom. The van der Waals surface area contributed by atoms with E-state index in [2.05, 4.69) is 0 Å². The largest absolute Gasteiger partial charge is 0.228 e. The predicted molar refractivity (Wildman–Crippen MR) is 41.6 cm³/mol. The van der Waals surface area contributed by atoms with Crippen molar-refractivity contribution < 1.29 is 8.42 Å². The van der Waals surface area contributed by atoms with Gasteiger partial charge >= 0.3 is 0 Å². The maximum atomic E-state index is 11.3.